The average Bonchev–Trinajstić information content (AvgIpc) is 2.52. The molecule has 0 aliphatic carbocycles. The van der Waals surface area contributed by atoms with Crippen molar-refractivity contribution < 1.29 is 0 Å². The summed E-state index contributed by atoms with van der Waals surface area (Å²) in [6.45, 7) is 7.28. The Balaban J connectivity index is 2.24. The summed E-state index contributed by atoms with van der Waals surface area (Å²) in [7, 11) is 1.89. The Bertz CT molecular complexity index is 593. The molecule has 0 aliphatic rings. The minimum absolute atomic E-state index is 0.359. The quantitative estimate of drug-likeness (QED) is 0.846. The fraction of sp³-hybridized carbons (Fsp3) is 0.412. The summed E-state index contributed by atoms with van der Waals surface area (Å²) in [6, 6.07) is 8.52. The van der Waals surface area contributed by atoms with Crippen LogP contribution in [0.2, 0.25) is 0 Å². The molecule has 1 aromatic heterocycles. The van der Waals surface area contributed by atoms with Gasteiger partial charge in [0.15, 0.2) is 0 Å². The lowest BCUT2D eigenvalue weighted by Crippen LogP contribution is -2.10. The second-order valence-electron chi connectivity index (χ2n) is 5.37. The number of aryl methyl sites for hydroxylation is 1. The number of anilines is 2. The van der Waals surface area contributed by atoms with Gasteiger partial charge in [-0.2, -0.15) is 0 Å². The van der Waals surface area contributed by atoms with Gasteiger partial charge in [0.05, 0.1) is 0 Å². The van der Waals surface area contributed by atoms with Gasteiger partial charge >= 0.3 is 0 Å². The van der Waals surface area contributed by atoms with Gasteiger partial charge in [-0.05, 0) is 23.5 Å². The SMILES string of the molecule is CCc1ccccc1CNc1ncnc(NC)c1C(C)C. The van der Waals surface area contributed by atoms with Gasteiger partial charge in [-0.25, -0.2) is 9.97 Å². The minimum atomic E-state index is 0.359. The summed E-state index contributed by atoms with van der Waals surface area (Å²) >= 11 is 0. The molecule has 0 amide bonds. The molecule has 0 fully saturated rings. The maximum Gasteiger partial charge on any atom is 0.135 e. The van der Waals surface area contributed by atoms with Crippen molar-refractivity contribution in [3.8, 4) is 0 Å². The smallest absolute Gasteiger partial charge is 0.135 e. The standard InChI is InChI=1S/C17H24N4/c1-5-13-8-6-7-9-14(13)10-19-17-15(12(2)3)16(18-4)20-11-21-17/h6-9,11-12H,5,10H2,1-4H3,(H2,18,19,20,21). The van der Waals surface area contributed by atoms with Crippen LogP contribution in [0, 0.1) is 0 Å². The van der Waals surface area contributed by atoms with Gasteiger partial charge < -0.3 is 10.6 Å². The van der Waals surface area contributed by atoms with E-state index >= 15 is 0 Å². The van der Waals surface area contributed by atoms with Crippen LogP contribution in [-0.2, 0) is 13.0 Å². The lowest BCUT2D eigenvalue weighted by Gasteiger charge is -2.17. The van der Waals surface area contributed by atoms with Crippen molar-refractivity contribution in [3.63, 3.8) is 0 Å². The molecule has 112 valence electrons. The van der Waals surface area contributed by atoms with Crippen LogP contribution < -0.4 is 10.6 Å². The molecule has 0 saturated heterocycles. The Labute approximate surface area is 127 Å². The summed E-state index contributed by atoms with van der Waals surface area (Å²) in [5.74, 6) is 2.17. The molecule has 0 spiro atoms. The maximum atomic E-state index is 4.42. The molecule has 1 aromatic carbocycles. The van der Waals surface area contributed by atoms with E-state index in [2.05, 4.69) is 65.6 Å². The van der Waals surface area contributed by atoms with Crippen LogP contribution in [0.25, 0.3) is 0 Å². The highest BCUT2D eigenvalue weighted by Gasteiger charge is 2.14. The molecule has 0 saturated carbocycles. The first-order valence-electron chi connectivity index (χ1n) is 7.50. The van der Waals surface area contributed by atoms with Crippen molar-refractivity contribution in [2.24, 2.45) is 0 Å². The molecule has 21 heavy (non-hydrogen) atoms. The third-order valence-corrected chi connectivity index (χ3v) is 3.64. The fourth-order valence-electron chi connectivity index (χ4n) is 2.54. The van der Waals surface area contributed by atoms with Crippen LogP contribution in [-0.4, -0.2) is 17.0 Å². The number of rotatable bonds is 6. The highest BCUT2D eigenvalue weighted by molar-refractivity contribution is 5.59. The molecular formula is C17H24N4. The molecule has 0 unspecified atom stereocenters. The normalized spacial score (nSPS) is 10.7. The van der Waals surface area contributed by atoms with Crippen LogP contribution in [0.4, 0.5) is 11.6 Å². The first kappa shape index (κ1) is 15.3. The van der Waals surface area contributed by atoms with Crippen molar-refractivity contribution in [2.45, 2.75) is 39.7 Å². The van der Waals surface area contributed by atoms with Crippen LogP contribution in [0.15, 0.2) is 30.6 Å². The zero-order chi connectivity index (χ0) is 15.2. The number of aromatic nitrogens is 2. The zero-order valence-corrected chi connectivity index (χ0v) is 13.3. The van der Waals surface area contributed by atoms with E-state index in [1.54, 1.807) is 6.33 Å². The van der Waals surface area contributed by atoms with E-state index in [1.807, 2.05) is 7.05 Å². The fourth-order valence-corrected chi connectivity index (χ4v) is 2.54. The molecule has 0 aliphatic heterocycles. The first-order valence-corrected chi connectivity index (χ1v) is 7.50. The Kier molecular flexibility index (Phi) is 5.14. The summed E-state index contributed by atoms with van der Waals surface area (Å²) in [4.78, 5) is 8.72. The molecule has 2 N–H and O–H groups in total. The minimum Gasteiger partial charge on any atom is -0.373 e. The molecule has 0 atom stereocenters. The van der Waals surface area contributed by atoms with Crippen molar-refractivity contribution in [2.75, 3.05) is 17.7 Å². The lowest BCUT2D eigenvalue weighted by molar-refractivity contribution is 0.846. The van der Waals surface area contributed by atoms with Crippen LogP contribution in [0.3, 0.4) is 0 Å². The van der Waals surface area contributed by atoms with Crippen molar-refractivity contribution in [3.05, 3.63) is 47.3 Å². The van der Waals surface area contributed by atoms with Crippen molar-refractivity contribution in [1.82, 2.24) is 9.97 Å². The highest BCUT2D eigenvalue weighted by atomic mass is 15.1. The summed E-state index contributed by atoms with van der Waals surface area (Å²) in [5.41, 5.74) is 3.83. The Morgan fingerprint density at radius 3 is 2.33 bits per heavy atom. The van der Waals surface area contributed by atoms with Crippen LogP contribution in [0.5, 0.6) is 0 Å². The van der Waals surface area contributed by atoms with Gasteiger partial charge in [0.2, 0.25) is 0 Å². The molecule has 4 nitrogen and oxygen atoms in total. The van der Waals surface area contributed by atoms with Gasteiger partial charge in [-0.3, -0.25) is 0 Å². The number of benzene rings is 1. The van der Waals surface area contributed by atoms with Crippen molar-refractivity contribution in [1.29, 1.82) is 0 Å². The number of hydrogen-bond donors (Lipinski definition) is 2. The monoisotopic (exact) mass is 284 g/mol. The number of nitrogens with zero attached hydrogens (tertiary/aromatic N) is 2. The third-order valence-electron chi connectivity index (χ3n) is 3.64. The topological polar surface area (TPSA) is 49.8 Å². The molecule has 0 radical (unpaired) electrons. The van der Waals surface area contributed by atoms with Gasteiger partial charge in [0.1, 0.15) is 18.0 Å². The van der Waals surface area contributed by atoms with E-state index in [1.165, 1.54) is 11.1 Å². The van der Waals surface area contributed by atoms with E-state index in [0.29, 0.717) is 5.92 Å². The van der Waals surface area contributed by atoms with Crippen LogP contribution in [0.1, 0.15) is 43.4 Å². The summed E-state index contributed by atoms with van der Waals surface area (Å²) < 4.78 is 0. The van der Waals surface area contributed by atoms with E-state index in [0.717, 1.165) is 30.2 Å². The number of nitrogens with one attached hydrogen (secondary N) is 2. The molecule has 2 aromatic rings. The van der Waals surface area contributed by atoms with Gasteiger partial charge in [-0.1, -0.05) is 45.0 Å². The molecule has 1 heterocycles. The Morgan fingerprint density at radius 1 is 1.05 bits per heavy atom. The summed E-state index contributed by atoms with van der Waals surface area (Å²) in [6.07, 6.45) is 2.65. The summed E-state index contributed by atoms with van der Waals surface area (Å²) in [5, 5.41) is 6.62. The Hall–Kier alpha value is -2.10. The van der Waals surface area contributed by atoms with Crippen molar-refractivity contribution >= 4 is 11.6 Å². The Morgan fingerprint density at radius 2 is 1.71 bits per heavy atom. The second kappa shape index (κ2) is 7.07. The first-order chi connectivity index (χ1) is 10.2. The van der Waals surface area contributed by atoms with E-state index < -0.39 is 0 Å². The van der Waals surface area contributed by atoms with E-state index in [9.17, 15) is 0 Å². The molecule has 4 heteroatoms. The van der Waals surface area contributed by atoms with Gasteiger partial charge in [0.25, 0.3) is 0 Å². The average molecular weight is 284 g/mol. The van der Waals surface area contributed by atoms with E-state index in [4.69, 9.17) is 0 Å². The molecule has 2 rings (SSSR count). The predicted molar refractivity (Wildman–Crippen MR) is 88.8 cm³/mol. The van der Waals surface area contributed by atoms with E-state index in [-0.39, 0.29) is 0 Å². The third kappa shape index (κ3) is 3.51. The molecular weight excluding hydrogens is 260 g/mol. The molecule has 0 bridgehead atoms. The highest BCUT2D eigenvalue weighted by Crippen LogP contribution is 2.28. The largest absolute Gasteiger partial charge is 0.373 e. The number of hydrogen-bond acceptors (Lipinski definition) is 4. The van der Waals surface area contributed by atoms with Gasteiger partial charge in [0, 0.05) is 19.2 Å². The maximum absolute atomic E-state index is 4.42. The zero-order valence-electron chi connectivity index (χ0n) is 13.3. The predicted octanol–water partition coefficient (Wildman–Crippen LogP) is 3.82. The van der Waals surface area contributed by atoms with Crippen LogP contribution >= 0.6 is 0 Å². The second-order valence-corrected chi connectivity index (χ2v) is 5.37. The van der Waals surface area contributed by atoms with Gasteiger partial charge in [-0.15, -0.1) is 0 Å². The lowest BCUT2D eigenvalue weighted by atomic mass is 10.0.